The van der Waals surface area contributed by atoms with E-state index < -0.39 is 32.0 Å². The number of carbonyl (C=O) groups is 1. The number of anilines is 1. The summed E-state index contributed by atoms with van der Waals surface area (Å²) in [6.07, 6.45) is 1.57. The second-order valence-corrected chi connectivity index (χ2v) is 11.4. The summed E-state index contributed by atoms with van der Waals surface area (Å²) in [5, 5.41) is 15.7. The number of pyridine rings is 1. The first-order chi connectivity index (χ1) is 19.6. The molecule has 1 unspecified atom stereocenters. The average Bonchev–Trinajstić information content (AvgIpc) is 3.36. The zero-order chi connectivity index (χ0) is 29.6. The fourth-order valence-corrected chi connectivity index (χ4v) is 6.05. The molecule has 0 aliphatic rings. The SMILES string of the molecule is CCCC[C@](O)(COP(=O)(N[C@@H](C)C(N)=O)Oc1ccccc1)n1c(COCC)nc2c(N)nc3ccccc3c21. The minimum absolute atomic E-state index is 0.0719. The van der Waals surface area contributed by atoms with Crippen LogP contribution in [-0.2, 0) is 31.0 Å². The number of nitrogens with two attached hydrogens (primary N) is 2. The molecule has 41 heavy (non-hydrogen) atoms. The van der Waals surface area contributed by atoms with Gasteiger partial charge in [0.2, 0.25) is 5.91 Å². The summed E-state index contributed by atoms with van der Waals surface area (Å²) in [6.45, 7) is 5.29. The summed E-state index contributed by atoms with van der Waals surface area (Å²) in [7, 11) is -4.25. The molecule has 0 fully saturated rings. The zero-order valence-electron chi connectivity index (χ0n) is 23.4. The molecular formula is C28H37N6O6P. The van der Waals surface area contributed by atoms with Gasteiger partial charge < -0.3 is 25.8 Å². The van der Waals surface area contributed by atoms with Crippen LogP contribution in [0.25, 0.3) is 21.9 Å². The Hall–Kier alpha value is -3.54. The van der Waals surface area contributed by atoms with Gasteiger partial charge in [0.1, 0.15) is 30.3 Å². The first-order valence-electron chi connectivity index (χ1n) is 13.5. The predicted molar refractivity (Wildman–Crippen MR) is 157 cm³/mol. The van der Waals surface area contributed by atoms with Gasteiger partial charge >= 0.3 is 7.75 Å². The van der Waals surface area contributed by atoms with Crippen molar-refractivity contribution in [2.75, 3.05) is 18.9 Å². The van der Waals surface area contributed by atoms with Gasteiger partial charge in [0, 0.05) is 12.0 Å². The number of imidazole rings is 1. The molecular weight excluding hydrogens is 547 g/mol. The van der Waals surface area contributed by atoms with Gasteiger partial charge in [-0.3, -0.25) is 13.9 Å². The minimum atomic E-state index is -4.25. The minimum Gasteiger partial charge on any atom is -0.413 e. The van der Waals surface area contributed by atoms with Crippen molar-refractivity contribution in [3.05, 3.63) is 60.4 Å². The highest BCUT2D eigenvalue weighted by atomic mass is 31.2. The highest BCUT2D eigenvalue weighted by Crippen LogP contribution is 2.47. The van der Waals surface area contributed by atoms with E-state index in [0.717, 1.165) is 6.42 Å². The molecule has 220 valence electrons. The lowest BCUT2D eigenvalue weighted by atomic mass is 10.1. The smallest absolute Gasteiger partial charge is 0.413 e. The van der Waals surface area contributed by atoms with Crippen molar-refractivity contribution in [3.63, 3.8) is 0 Å². The Balaban J connectivity index is 1.84. The van der Waals surface area contributed by atoms with E-state index in [1.807, 2.05) is 38.1 Å². The molecule has 0 radical (unpaired) electrons. The third-order valence-corrected chi connectivity index (χ3v) is 8.21. The first kappa shape index (κ1) is 30.4. The third-order valence-electron chi connectivity index (χ3n) is 6.58. The number of aliphatic hydroxyl groups is 1. The largest absolute Gasteiger partial charge is 0.459 e. The molecule has 2 aromatic heterocycles. The standard InChI is InChI=1S/C28H37N6O6P/c1-4-6-16-28(36,18-39-41(37,33-19(3)27(30)35)40-20-12-8-7-9-13-20)34-23(17-38-5-2)32-24-25(34)21-14-10-11-15-22(21)31-26(24)29/h7-15,19,36H,4-6,16-18H2,1-3H3,(H2,29,31)(H2,30,35)(H,33,37)/t19-,28-,41?/m0/s1. The number of primary amides is 1. The van der Waals surface area contributed by atoms with Crippen molar-refractivity contribution in [1.29, 1.82) is 0 Å². The number of ether oxygens (including phenoxy) is 1. The number of aromatic nitrogens is 3. The van der Waals surface area contributed by atoms with Crippen LogP contribution in [-0.4, -0.2) is 44.8 Å². The summed E-state index contributed by atoms with van der Waals surface area (Å²) >= 11 is 0. The maximum Gasteiger partial charge on any atom is 0.459 e. The van der Waals surface area contributed by atoms with Crippen molar-refractivity contribution < 1.29 is 28.3 Å². The topological polar surface area (TPSA) is 177 Å². The van der Waals surface area contributed by atoms with Gasteiger partial charge in [0.15, 0.2) is 11.5 Å². The summed E-state index contributed by atoms with van der Waals surface area (Å²) in [5.74, 6) is 0.0861. The number of nitrogens with one attached hydrogen (secondary N) is 1. The lowest BCUT2D eigenvalue weighted by molar-refractivity contribution is -0.119. The van der Waals surface area contributed by atoms with Gasteiger partial charge in [-0.25, -0.2) is 14.5 Å². The molecule has 13 heteroatoms. The van der Waals surface area contributed by atoms with Gasteiger partial charge in [-0.05, 0) is 44.9 Å². The normalized spacial score (nSPS) is 15.4. The monoisotopic (exact) mass is 584 g/mol. The molecule has 4 aromatic rings. The molecule has 0 aliphatic heterocycles. The number of carbonyl (C=O) groups excluding carboxylic acids is 1. The van der Waals surface area contributed by atoms with Crippen molar-refractivity contribution in [3.8, 4) is 5.75 Å². The Bertz CT molecular complexity index is 1550. The van der Waals surface area contributed by atoms with Gasteiger partial charge in [0.25, 0.3) is 0 Å². The Morgan fingerprint density at radius 3 is 2.54 bits per heavy atom. The fraction of sp³-hybridized carbons (Fsp3) is 0.393. The van der Waals surface area contributed by atoms with E-state index in [-0.39, 0.29) is 24.6 Å². The van der Waals surface area contributed by atoms with Crippen LogP contribution in [0.5, 0.6) is 5.75 Å². The Morgan fingerprint density at radius 2 is 1.85 bits per heavy atom. The van der Waals surface area contributed by atoms with Crippen LogP contribution in [0.2, 0.25) is 0 Å². The molecule has 0 saturated heterocycles. The van der Waals surface area contributed by atoms with Crippen molar-refractivity contribution in [1.82, 2.24) is 19.6 Å². The average molecular weight is 585 g/mol. The van der Waals surface area contributed by atoms with Gasteiger partial charge in [-0.1, -0.05) is 49.7 Å². The highest BCUT2D eigenvalue weighted by Gasteiger charge is 2.40. The molecule has 2 aromatic carbocycles. The van der Waals surface area contributed by atoms with E-state index in [2.05, 4.69) is 10.1 Å². The van der Waals surface area contributed by atoms with Gasteiger partial charge in [0.05, 0.1) is 17.1 Å². The summed E-state index contributed by atoms with van der Waals surface area (Å²) in [4.78, 5) is 21.1. The van der Waals surface area contributed by atoms with E-state index in [1.54, 1.807) is 34.9 Å². The van der Waals surface area contributed by atoms with Crippen LogP contribution >= 0.6 is 7.75 Å². The number of para-hydroxylation sites is 2. The van der Waals surface area contributed by atoms with Crippen LogP contribution < -0.4 is 21.1 Å². The van der Waals surface area contributed by atoms with Crippen LogP contribution in [0.4, 0.5) is 5.82 Å². The quantitative estimate of drug-likeness (QED) is 0.148. The molecule has 6 N–H and O–H groups in total. The number of hydrogen-bond acceptors (Lipinski definition) is 9. The molecule has 3 atom stereocenters. The number of nitrogen functional groups attached to an aromatic ring is 1. The molecule has 2 heterocycles. The molecule has 4 rings (SSSR count). The summed E-state index contributed by atoms with van der Waals surface area (Å²) in [5.41, 5.74) is 11.5. The van der Waals surface area contributed by atoms with E-state index in [1.165, 1.54) is 6.92 Å². The van der Waals surface area contributed by atoms with Crippen LogP contribution in [0.15, 0.2) is 54.6 Å². The predicted octanol–water partition coefficient (Wildman–Crippen LogP) is 4.21. The van der Waals surface area contributed by atoms with Crippen molar-refractivity contribution >= 4 is 41.4 Å². The Labute approximate surface area is 238 Å². The number of nitrogens with zero attached hydrogens (tertiary/aromatic N) is 3. The van der Waals surface area contributed by atoms with Crippen molar-refractivity contribution in [2.45, 2.75) is 58.4 Å². The van der Waals surface area contributed by atoms with Gasteiger partial charge in [-0.2, -0.15) is 5.09 Å². The molecule has 0 bridgehead atoms. The second-order valence-electron chi connectivity index (χ2n) is 9.73. The maximum absolute atomic E-state index is 14.0. The molecule has 0 aliphatic carbocycles. The number of amides is 1. The lowest BCUT2D eigenvalue weighted by Crippen LogP contribution is -2.42. The van der Waals surface area contributed by atoms with E-state index in [4.69, 9.17) is 30.2 Å². The van der Waals surface area contributed by atoms with Crippen LogP contribution in [0, 0.1) is 0 Å². The third kappa shape index (κ3) is 6.86. The number of benzene rings is 2. The first-order valence-corrected chi connectivity index (χ1v) is 15.1. The van der Waals surface area contributed by atoms with Crippen molar-refractivity contribution in [2.24, 2.45) is 5.73 Å². The maximum atomic E-state index is 14.0. The van der Waals surface area contributed by atoms with E-state index >= 15 is 0 Å². The number of hydrogen-bond donors (Lipinski definition) is 4. The molecule has 0 saturated carbocycles. The number of fused-ring (bicyclic) bond motifs is 3. The van der Waals surface area contributed by atoms with Gasteiger partial charge in [-0.15, -0.1) is 0 Å². The van der Waals surface area contributed by atoms with E-state index in [9.17, 15) is 14.5 Å². The summed E-state index contributed by atoms with van der Waals surface area (Å²) < 4.78 is 33.0. The molecule has 0 spiro atoms. The Morgan fingerprint density at radius 1 is 1.15 bits per heavy atom. The summed E-state index contributed by atoms with van der Waals surface area (Å²) in [6, 6.07) is 14.7. The molecule has 1 amide bonds. The zero-order valence-corrected chi connectivity index (χ0v) is 24.3. The Kier molecular flexibility index (Phi) is 9.62. The lowest BCUT2D eigenvalue weighted by Gasteiger charge is -2.33. The fourth-order valence-electron chi connectivity index (χ4n) is 4.49. The van der Waals surface area contributed by atoms with E-state index in [0.29, 0.717) is 40.8 Å². The van der Waals surface area contributed by atoms with Crippen LogP contribution in [0.3, 0.4) is 0 Å². The second kappa shape index (κ2) is 13.0. The number of unbranched alkanes of at least 4 members (excludes halogenated alkanes) is 1. The number of rotatable bonds is 15. The highest BCUT2D eigenvalue weighted by molar-refractivity contribution is 7.52. The van der Waals surface area contributed by atoms with Crippen LogP contribution in [0.1, 0.15) is 45.9 Å². The molecule has 12 nitrogen and oxygen atoms in total.